The number of ether oxygens (including phenoxy) is 4. The summed E-state index contributed by atoms with van der Waals surface area (Å²) in [5, 5.41) is 0. The number of rotatable bonds is 10. The van der Waals surface area contributed by atoms with Gasteiger partial charge in [-0.25, -0.2) is 4.79 Å². The van der Waals surface area contributed by atoms with Crippen LogP contribution in [0.15, 0.2) is 53.0 Å². The van der Waals surface area contributed by atoms with Gasteiger partial charge in [-0.1, -0.05) is 34.1 Å². The van der Waals surface area contributed by atoms with Gasteiger partial charge in [0.2, 0.25) is 0 Å². The molecule has 0 aliphatic rings. The SMILES string of the molecule is COCOc1cc(/C=C/C(=O)OCCCc2ccc(Br)cc2)ccc1OC. The first-order valence-corrected chi connectivity index (χ1v) is 9.30. The van der Waals surface area contributed by atoms with Gasteiger partial charge in [-0.15, -0.1) is 0 Å². The van der Waals surface area contributed by atoms with Gasteiger partial charge in [0.05, 0.1) is 13.7 Å². The van der Waals surface area contributed by atoms with E-state index in [9.17, 15) is 4.79 Å². The molecule has 0 radical (unpaired) electrons. The number of benzene rings is 2. The van der Waals surface area contributed by atoms with Crippen molar-refractivity contribution < 1.29 is 23.7 Å². The molecule has 0 spiro atoms. The van der Waals surface area contributed by atoms with E-state index < -0.39 is 0 Å². The molecule has 27 heavy (non-hydrogen) atoms. The standard InChI is InChI=1S/C21H23BrO5/c1-24-15-27-20-14-17(7-11-19(20)25-2)8-12-21(23)26-13-3-4-16-5-9-18(22)10-6-16/h5-12,14H,3-4,13,15H2,1-2H3/b12-8+. The monoisotopic (exact) mass is 434 g/mol. The highest BCUT2D eigenvalue weighted by Gasteiger charge is 2.05. The van der Waals surface area contributed by atoms with E-state index >= 15 is 0 Å². The minimum absolute atomic E-state index is 0.115. The Morgan fingerprint density at radius 1 is 1.07 bits per heavy atom. The molecule has 2 aromatic carbocycles. The zero-order chi connectivity index (χ0) is 19.5. The second-order valence-electron chi connectivity index (χ2n) is 5.69. The van der Waals surface area contributed by atoms with Gasteiger partial charge in [0.1, 0.15) is 0 Å². The summed E-state index contributed by atoms with van der Waals surface area (Å²) in [4.78, 5) is 11.9. The van der Waals surface area contributed by atoms with Crippen molar-refractivity contribution in [2.24, 2.45) is 0 Å². The Hall–Kier alpha value is -2.31. The summed E-state index contributed by atoms with van der Waals surface area (Å²) in [5.41, 5.74) is 2.01. The summed E-state index contributed by atoms with van der Waals surface area (Å²) < 4.78 is 21.9. The van der Waals surface area contributed by atoms with Crippen molar-refractivity contribution in [2.45, 2.75) is 12.8 Å². The van der Waals surface area contributed by atoms with Gasteiger partial charge in [-0.3, -0.25) is 0 Å². The van der Waals surface area contributed by atoms with Crippen molar-refractivity contribution in [2.75, 3.05) is 27.6 Å². The number of esters is 1. The van der Waals surface area contributed by atoms with Crippen molar-refractivity contribution in [1.29, 1.82) is 0 Å². The van der Waals surface area contributed by atoms with Gasteiger partial charge in [0.25, 0.3) is 0 Å². The molecule has 0 aliphatic heterocycles. The van der Waals surface area contributed by atoms with E-state index in [1.807, 2.05) is 18.2 Å². The highest BCUT2D eigenvalue weighted by Crippen LogP contribution is 2.28. The third-order valence-electron chi connectivity index (χ3n) is 3.70. The van der Waals surface area contributed by atoms with Gasteiger partial charge in [-0.05, 0) is 54.3 Å². The highest BCUT2D eigenvalue weighted by atomic mass is 79.9. The molecule has 0 unspecified atom stereocenters. The lowest BCUT2D eigenvalue weighted by atomic mass is 10.1. The van der Waals surface area contributed by atoms with Crippen LogP contribution in [0.2, 0.25) is 0 Å². The molecule has 6 heteroatoms. The van der Waals surface area contributed by atoms with Crippen LogP contribution in [0.25, 0.3) is 6.08 Å². The summed E-state index contributed by atoms with van der Waals surface area (Å²) in [6, 6.07) is 13.5. The van der Waals surface area contributed by atoms with Crippen molar-refractivity contribution >= 4 is 28.0 Å². The minimum Gasteiger partial charge on any atom is -0.493 e. The summed E-state index contributed by atoms with van der Waals surface area (Å²) in [6.45, 7) is 0.494. The molecule has 2 rings (SSSR count). The Morgan fingerprint density at radius 3 is 2.56 bits per heavy atom. The minimum atomic E-state index is -0.374. The summed E-state index contributed by atoms with van der Waals surface area (Å²) in [7, 11) is 3.11. The predicted molar refractivity (Wildman–Crippen MR) is 108 cm³/mol. The first kappa shape index (κ1) is 21.0. The van der Waals surface area contributed by atoms with Gasteiger partial charge in [0, 0.05) is 17.7 Å². The molecule has 0 fully saturated rings. The quantitative estimate of drug-likeness (QED) is 0.236. The first-order valence-electron chi connectivity index (χ1n) is 8.51. The molecule has 5 nitrogen and oxygen atoms in total. The molecule has 0 aromatic heterocycles. The van der Waals surface area contributed by atoms with Gasteiger partial charge in [-0.2, -0.15) is 0 Å². The second kappa shape index (κ2) is 11.4. The average Bonchev–Trinajstić information content (AvgIpc) is 2.69. The number of halogens is 1. The molecule has 0 amide bonds. The molecule has 0 atom stereocenters. The Balaban J connectivity index is 1.80. The zero-order valence-electron chi connectivity index (χ0n) is 15.4. The average molecular weight is 435 g/mol. The molecular weight excluding hydrogens is 412 g/mol. The maximum Gasteiger partial charge on any atom is 0.330 e. The Bertz CT molecular complexity index is 756. The van der Waals surface area contributed by atoms with Crippen molar-refractivity contribution in [1.82, 2.24) is 0 Å². The molecule has 0 saturated heterocycles. The van der Waals surface area contributed by atoms with E-state index in [0.29, 0.717) is 18.1 Å². The fraction of sp³-hybridized carbons (Fsp3) is 0.286. The van der Waals surface area contributed by atoms with Crippen molar-refractivity contribution in [3.8, 4) is 11.5 Å². The smallest absolute Gasteiger partial charge is 0.330 e. The lowest BCUT2D eigenvalue weighted by Gasteiger charge is -2.10. The fourth-order valence-corrected chi connectivity index (χ4v) is 2.61. The number of methoxy groups -OCH3 is 2. The van der Waals surface area contributed by atoms with E-state index in [0.717, 1.165) is 22.9 Å². The van der Waals surface area contributed by atoms with E-state index in [4.69, 9.17) is 18.9 Å². The molecule has 0 N–H and O–H groups in total. The maximum absolute atomic E-state index is 11.9. The van der Waals surface area contributed by atoms with Crippen molar-refractivity contribution in [3.05, 3.63) is 64.1 Å². The van der Waals surface area contributed by atoms with E-state index in [1.165, 1.54) is 11.6 Å². The molecule has 0 aliphatic carbocycles. The molecular formula is C21H23BrO5. The third kappa shape index (κ3) is 7.45. The molecule has 0 saturated carbocycles. The van der Waals surface area contributed by atoms with Crippen molar-refractivity contribution in [3.63, 3.8) is 0 Å². The van der Waals surface area contributed by atoms with Crippen LogP contribution < -0.4 is 9.47 Å². The van der Waals surface area contributed by atoms with Crippen LogP contribution in [0.1, 0.15) is 17.5 Å². The maximum atomic E-state index is 11.9. The van der Waals surface area contributed by atoms with Gasteiger partial charge >= 0.3 is 5.97 Å². The highest BCUT2D eigenvalue weighted by molar-refractivity contribution is 9.10. The van der Waals surface area contributed by atoms with Crippen LogP contribution in [-0.2, 0) is 20.7 Å². The van der Waals surface area contributed by atoms with Crippen LogP contribution in [0.5, 0.6) is 11.5 Å². The number of aryl methyl sites for hydroxylation is 1. The van der Waals surface area contributed by atoms with Crippen LogP contribution in [0.3, 0.4) is 0 Å². The Kier molecular flexibility index (Phi) is 8.87. The number of carbonyl (C=O) groups is 1. The lowest BCUT2D eigenvalue weighted by Crippen LogP contribution is -2.03. The number of carbonyl (C=O) groups excluding carboxylic acids is 1. The molecule has 0 heterocycles. The summed E-state index contributed by atoms with van der Waals surface area (Å²) >= 11 is 3.41. The van der Waals surface area contributed by atoms with E-state index in [1.54, 1.807) is 32.4 Å². The molecule has 144 valence electrons. The van der Waals surface area contributed by atoms with E-state index in [-0.39, 0.29) is 12.8 Å². The second-order valence-corrected chi connectivity index (χ2v) is 6.61. The van der Waals surface area contributed by atoms with Crippen LogP contribution in [0, 0.1) is 0 Å². The van der Waals surface area contributed by atoms with Crippen LogP contribution in [0.4, 0.5) is 0 Å². The predicted octanol–water partition coefficient (Wildman–Crippen LogP) is 4.63. The lowest BCUT2D eigenvalue weighted by molar-refractivity contribution is -0.137. The van der Waals surface area contributed by atoms with Crippen LogP contribution >= 0.6 is 15.9 Å². The topological polar surface area (TPSA) is 54.0 Å². The first-order chi connectivity index (χ1) is 13.1. The normalized spacial score (nSPS) is 10.8. The Morgan fingerprint density at radius 2 is 1.85 bits per heavy atom. The van der Waals surface area contributed by atoms with Gasteiger partial charge in [0.15, 0.2) is 18.3 Å². The zero-order valence-corrected chi connectivity index (χ0v) is 17.0. The van der Waals surface area contributed by atoms with E-state index in [2.05, 4.69) is 28.1 Å². The third-order valence-corrected chi connectivity index (χ3v) is 4.23. The molecule has 0 bridgehead atoms. The summed E-state index contributed by atoms with van der Waals surface area (Å²) in [6.07, 6.45) is 4.72. The fourth-order valence-electron chi connectivity index (χ4n) is 2.34. The largest absolute Gasteiger partial charge is 0.493 e. The van der Waals surface area contributed by atoms with Crippen LogP contribution in [-0.4, -0.2) is 33.6 Å². The number of hydrogen-bond acceptors (Lipinski definition) is 5. The van der Waals surface area contributed by atoms with Gasteiger partial charge < -0.3 is 18.9 Å². The Labute approximate surface area is 168 Å². The summed E-state index contributed by atoms with van der Waals surface area (Å²) in [5.74, 6) is 0.769. The molecule has 2 aromatic rings. The number of hydrogen-bond donors (Lipinski definition) is 0.